The van der Waals surface area contributed by atoms with Crippen molar-refractivity contribution in [1.29, 1.82) is 0 Å². The molecule has 2 aromatic carbocycles. The van der Waals surface area contributed by atoms with E-state index in [0.29, 0.717) is 17.5 Å². The molecule has 1 aliphatic rings. The third kappa shape index (κ3) is 3.65. The molecule has 0 unspecified atom stereocenters. The molecule has 1 N–H and O–H groups in total. The Kier molecular flexibility index (Phi) is 4.30. The third-order valence-corrected chi connectivity index (χ3v) is 5.90. The average Bonchev–Trinajstić information content (AvgIpc) is 2.51. The van der Waals surface area contributed by atoms with E-state index in [9.17, 15) is 8.42 Å². The van der Waals surface area contributed by atoms with Crippen LogP contribution in [-0.2, 0) is 21.8 Å². The van der Waals surface area contributed by atoms with Crippen molar-refractivity contribution < 1.29 is 8.42 Å². The fraction of sp³-hybridized carbons (Fsp3) is 0.368. The highest BCUT2D eigenvalue weighted by molar-refractivity contribution is 7.90. The molecule has 4 heteroatoms. The van der Waals surface area contributed by atoms with Gasteiger partial charge in [0.2, 0.25) is 0 Å². The molecule has 0 amide bonds. The van der Waals surface area contributed by atoms with Gasteiger partial charge < -0.3 is 5.32 Å². The number of sulfone groups is 1. The van der Waals surface area contributed by atoms with Crippen LogP contribution < -0.4 is 5.32 Å². The summed E-state index contributed by atoms with van der Waals surface area (Å²) >= 11 is 0. The maximum absolute atomic E-state index is 11.6. The molecule has 122 valence electrons. The van der Waals surface area contributed by atoms with Crippen molar-refractivity contribution >= 4 is 9.84 Å². The summed E-state index contributed by atoms with van der Waals surface area (Å²) in [5.74, 6) is 0. The lowest BCUT2D eigenvalue weighted by Crippen LogP contribution is -2.49. The Morgan fingerprint density at radius 2 is 1.78 bits per heavy atom. The van der Waals surface area contributed by atoms with Crippen LogP contribution in [0.3, 0.4) is 0 Å². The van der Waals surface area contributed by atoms with Crippen molar-refractivity contribution in [2.45, 2.75) is 42.7 Å². The largest absolute Gasteiger partial charge is 0.310 e. The highest BCUT2D eigenvalue weighted by atomic mass is 32.2. The van der Waals surface area contributed by atoms with E-state index in [0.717, 1.165) is 18.4 Å². The minimum absolute atomic E-state index is 0.257. The third-order valence-electron chi connectivity index (χ3n) is 4.79. The zero-order chi connectivity index (χ0) is 16.5. The Morgan fingerprint density at radius 1 is 1.09 bits per heavy atom. The summed E-state index contributed by atoms with van der Waals surface area (Å²) in [6, 6.07) is 18.3. The molecule has 0 aliphatic heterocycles. The molecule has 0 heterocycles. The van der Waals surface area contributed by atoms with Gasteiger partial charge in [-0.2, -0.15) is 0 Å². The molecule has 1 saturated carbocycles. The number of benzene rings is 2. The van der Waals surface area contributed by atoms with Crippen molar-refractivity contribution in [3.05, 3.63) is 65.7 Å². The second kappa shape index (κ2) is 6.10. The zero-order valence-corrected chi connectivity index (χ0v) is 14.4. The maximum Gasteiger partial charge on any atom is 0.175 e. The molecule has 0 saturated heterocycles. The minimum atomic E-state index is -3.14. The normalized spacial score (nSPS) is 24.2. The van der Waals surface area contributed by atoms with E-state index in [1.54, 1.807) is 12.1 Å². The van der Waals surface area contributed by atoms with E-state index in [1.165, 1.54) is 11.8 Å². The van der Waals surface area contributed by atoms with E-state index in [2.05, 4.69) is 42.6 Å². The molecular formula is C19H23NO2S. The summed E-state index contributed by atoms with van der Waals surface area (Å²) in [5, 5.41) is 3.54. The molecular weight excluding hydrogens is 306 g/mol. The molecule has 1 fully saturated rings. The number of nitrogens with one attached hydrogen (secondary N) is 1. The van der Waals surface area contributed by atoms with Crippen molar-refractivity contribution in [1.82, 2.24) is 5.32 Å². The summed E-state index contributed by atoms with van der Waals surface area (Å²) in [7, 11) is -3.14. The van der Waals surface area contributed by atoms with Crippen LogP contribution in [0.1, 0.15) is 30.9 Å². The molecule has 1 aliphatic carbocycles. The highest BCUT2D eigenvalue weighted by Crippen LogP contribution is 2.43. The fourth-order valence-corrected chi connectivity index (χ4v) is 4.09. The minimum Gasteiger partial charge on any atom is -0.310 e. The van der Waals surface area contributed by atoms with Crippen molar-refractivity contribution in [3.63, 3.8) is 0 Å². The Balaban J connectivity index is 1.57. The van der Waals surface area contributed by atoms with Gasteiger partial charge in [0.05, 0.1) is 4.90 Å². The topological polar surface area (TPSA) is 46.2 Å². The van der Waals surface area contributed by atoms with Crippen LogP contribution in [-0.4, -0.2) is 20.7 Å². The Morgan fingerprint density at radius 3 is 2.43 bits per heavy atom. The van der Waals surface area contributed by atoms with E-state index < -0.39 is 9.84 Å². The molecule has 23 heavy (non-hydrogen) atoms. The van der Waals surface area contributed by atoms with E-state index in [1.807, 2.05) is 12.1 Å². The fourth-order valence-electron chi connectivity index (χ4n) is 3.40. The first kappa shape index (κ1) is 16.2. The summed E-state index contributed by atoms with van der Waals surface area (Å²) in [6.45, 7) is 3.02. The Labute approximate surface area is 138 Å². The van der Waals surface area contributed by atoms with Crippen molar-refractivity contribution in [2.75, 3.05) is 6.26 Å². The van der Waals surface area contributed by atoms with Gasteiger partial charge in [0.1, 0.15) is 0 Å². The van der Waals surface area contributed by atoms with Crippen LogP contribution in [0.25, 0.3) is 0 Å². The second-order valence-electron chi connectivity index (χ2n) is 6.83. The van der Waals surface area contributed by atoms with Crippen molar-refractivity contribution in [3.8, 4) is 0 Å². The Hall–Kier alpha value is -1.65. The van der Waals surface area contributed by atoms with Gasteiger partial charge >= 0.3 is 0 Å². The second-order valence-corrected chi connectivity index (χ2v) is 8.85. The summed E-state index contributed by atoms with van der Waals surface area (Å²) in [5.41, 5.74) is 2.67. The standard InChI is InChI=1S/C19H23NO2S/c1-19(16-8-4-3-5-9-16)12-17(13-19)20-14-15-7-6-10-18(11-15)23(2,21)22/h3-11,17,20H,12-14H2,1-2H3. The van der Waals surface area contributed by atoms with Gasteiger partial charge in [0, 0.05) is 18.8 Å². The SMILES string of the molecule is CC1(c2ccccc2)CC(NCc2cccc(S(C)(=O)=O)c2)C1. The molecule has 3 rings (SSSR count). The van der Waals surface area contributed by atoms with Crippen LogP contribution in [0, 0.1) is 0 Å². The first-order valence-corrected chi connectivity index (χ1v) is 9.84. The number of hydrogen-bond acceptors (Lipinski definition) is 3. The lowest BCUT2D eigenvalue weighted by molar-refractivity contribution is 0.189. The monoisotopic (exact) mass is 329 g/mol. The van der Waals surface area contributed by atoms with Crippen LogP contribution in [0.4, 0.5) is 0 Å². The summed E-state index contributed by atoms with van der Waals surface area (Å²) in [6.07, 6.45) is 3.47. The van der Waals surface area contributed by atoms with Crippen molar-refractivity contribution in [2.24, 2.45) is 0 Å². The average molecular weight is 329 g/mol. The van der Waals surface area contributed by atoms with Crippen LogP contribution in [0.2, 0.25) is 0 Å². The number of hydrogen-bond donors (Lipinski definition) is 1. The van der Waals surface area contributed by atoms with E-state index >= 15 is 0 Å². The molecule has 0 spiro atoms. The van der Waals surface area contributed by atoms with Gasteiger partial charge in [0.15, 0.2) is 9.84 Å². The van der Waals surface area contributed by atoms with Gasteiger partial charge in [-0.3, -0.25) is 0 Å². The first-order valence-electron chi connectivity index (χ1n) is 7.95. The molecule has 0 radical (unpaired) electrons. The highest BCUT2D eigenvalue weighted by Gasteiger charge is 2.40. The predicted molar refractivity (Wildman–Crippen MR) is 93.2 cm³/mol. The molecule has 0 atom stereocenters. The smallest absolute Gasteiger partial charge is 0.175 e. The molecule has 3 nitrogen and oxygen atoms in total. The first-order chi connectivity index (χ1) is 10.9. The van der Waals surface area contributed by atoms with Crippen LogP contribution in [0.5, 0.6) is 0 Å². The van der Waals surface area contributed by atoms with Gasteiger partial charge in [-0.1, -0.05) is 49.4 Å². The molecule has 0 aromatic heterocycles. The maximum atomic E-state index is 11.6. The predicted octanol–water partition coefficient (Wildman–Crippen LogP) is 3.30. The molecule has 0 bridgehead atoms. The van der Waals surface area contributed by atoms with E-state index in [4.69, 9.17) is 0 Å². The van der Waals surface area contributed by atoms with E-state index in [-0.39, 0.29) is 5.41 Å². The van der Waals surface area contributed by atoms with Gasteiger partial charge in [-0.15, -0.1) is 0 Å². The Bertz CT molecular complexity index is 778. The summed E-state index contributed by atoms with van der Waals surface area (Å²) in [4.78, 5) is 0.388. The van der Waals surface area contributed by atoms with Gasteiger partial charge in [-0.05, 0) is 41.5 Å². The zero-order valence-electron chi connectivity index (χ0n) is 13.6. The quantitative estimate of drug-likeness (QED) is 0.915. The van der Waals surface area contributed by atoms with Crippen LogP contribution in [0.15, 0.2) is 59.5 Å². The van der Waals surface area contributed by atoms with Gasteiger partial charge in [-0.25, -0.2) is 8.42 Å². The van der Waals surface area contributed by atoms with Gasteiger partial charge in [0.25, 0.3) is 0 Å². The van der Waals surface area contributed by atoms with Crippen LogP contribution >= 0.6 is 0 Å². The number of rotatable bonds is 5. The lowest BCUT2D eigenvalue weighted by Gasteiger charge is -2.46. The molecule has 2 aromatic rings. The summed E-state index contributed by atoms with van der Waals surface area (Å²) < 4.78 is 23.2. The lowest BCUT2D eigenvalue weighted by atomic mass is 9.63.